The van der Waals surface area contributed by atoms with Gasteiger partial charge in [-0.2, -0.15) is 0 Å². The highest BCUT2D eigenvalue weighted by atomic mass is 32.1. The number of carboxylic acids is 1. The number of rotatable bonds is 4. The van der Waals surface area contributed by atoms with Crippen molar-refractivity contribution in [1.82, 2.24) is 4.90 Å². The first-order chi connectivity index (χ1) is 10.8. The van der Waals surface area contributed by atoms with Gasteiger partial charge in [0.25, 0.3) is 0 Å². The van der Waals surface area contributed by atoms with Crippen LogP contribution in [0.4, 0.5) is 0 Å². The number of nitrogens with zero attached hydrogens (tertiary/aromatic N) is 1. The van der Waals surface area contributed by atoms with Crippen molar-refractivity contribution in [3.05, 3.63) is 41.1 Å². The van der Waals surface area contributed by atoms with Crippen molar-refractivity contribution in [2.45, 2.75) is 25.5 Å². The van der Waals surface area contributed by atoms with Gasteiger partial charge in [0, 0.05) is 5.56 Å². The summed E-state index contributed by atoms with van der Waals surface area (Å²) in [6.07, 6.45) is -0.412. The molecule has 0 radical (unpaired) electrons. The van der Waals surface area contributed by atoms with Gasteiger partial charge in [-0.15, -0.1) is 0 Å². The molecule has 0 aliphatic carbocycles. The number of nitrogens with two attached hydrogens (primary N) is 1. The van der Waals surface area contributed by atoms with Gasteiger partial charge >= 0.3 is 5.97 Å². The molecule has 1 aromatic rings. The average molecular weight is 332 g/mol. The summed E-state index contributed by atoms with van der Waals surface area (Å²) in [5.41, 5.74) is 7.50. The summed E-state index contributed by atoms with van der Waals surface area (Å²) in [7, 11) is 0. The van der Waals surface area contributed by atoms with Crippen LogP contribution in [0.15, 0.2) is 30.0 Å². The van der Waals surface area contributed by atoms with E-state index in [2.05, 4.69) is 0 Å². The lowest BCUT2D eigenvalue weighted by molar-refractivity contribution is -0.161. The van der Waals surface area contributed by atoms with Crippen molar-refractivity contribution in [2.75, 3.05) is 0 Å². The molecule has 3 rings (SSSR count). The molecule has 1 fully saturated rings. The lowest BCUT2D eigenvalue weighted by Gasteiger charge is -2.44. The number of β-lactam (4-membered cyclic amide) rings is 1. The van der Waals surface area contributed by atoms with Crippen LogP contribution < -0.4 is 5.73 Å². The molecule has 1 amide bonds. The Balaban J connectivity index is 2.05. The topological polar surface area (TPSA) is 104 Å². The molecule has 3 unspecified atom stereocenters. The molecular formula is C16H16N2O4S. The standard InChI is InChI=1S/C16H16N2O4S/c1-7(19)12-11-6-10(13(16(21)22)18(11)15(12)20)8-3-2-4-9(5-8)14(17)23/h2-5,7,11-12,19H,6H2,1H3,(H2,17,23)(H,21,22). The molecule has 0 aromatic heterocycles. The molecule has 23 heavy (non-hydrogen) atoms. The van der Waals surface area contributed by atoms with Crippen molar-refractivity contribution in [2.24, 2.45) is 11.7 Å². The number of thiocarbonyl (C=S) groups is 1. The quantitative estimate of drug-likeness (QED) is 0.555. The van der Waals surface area contributed by atoms with E-state index in [0.717, 1.165) is 0 Å². The number of fused-ring (bicyclic) bond motifs is 1. The first-order valence-electron chi connectivity index (χ1n) is 7.20. The lowest BCUT2D eigenvalue weighted by atomic mass is 9.82. The van der Waals surface area contributed by atoms with Crippen molar-refractivity contribution in [3.8, 4) is 0 Å². The predicted octanol–water partition coefficient (Wildman–Crippen LogP) is 0.728. The minimum atomic E-state index is -1.15. The highest BCUT2D eigenvalue weighted by Gasteiger charge is 2.56. The summed E-state index contributed by atoms with van der Waals surface area (Å²) >= 11 is 4.96. The normalized spacial score (nSPS) is 24.3. The molecule has 0 spiro atoms. The smallest absolute Gasteiger partial charge is 0.352 e. The van der Waals surface area contributed by atoms with Gasteiger partial charge in [0.05, 0.1) is 18.1 Å². The van der Waals surface area contributed by atoms with Gasteiger partial charge in [0.2, 0.25) is 5.91 Å². The third-order valence-corrected chi connectivity index (χ3v) is 4.66. The molecule has 2 aliphatic rings. The number of amides is 1. The Labute approximate surface area is 138 Å². The van der Waals surface area contributed by atoms with Gasteiger partial charge < -0.3 is 20.8 Å². The fraction of sp³-hybridized carbons (Fsp3) is 0.312. The monoisotopic (exact) mass is 332 g/mol. The third kappa shape index (κ3) is 2.32. The fourth-order valence-electron chi connectivity index (χ4n) is 3.39. The van der Waals surface area contributed by atoms with Gasteiger partial charge in [0.15, 0.2) is 0 Å². The maximum absolute atomic E-state index is 12.2. The molecule has 3 atom stereocenters. The van der Waals surface area contributed by atoms with Crippen LogP contribution in [-0.2, 0) is 9.59 Å². The van der Waals surface area contributed by atoms with Crippen molar-refractivity contribution >= 4 is 34.7 Å². The lowest BCUT2D eigenvalue weighted by Crippen LogP contribution is -2.61. The number of hydrogen-bond acceptors (Lipinski definition) is 4. The zero-order valence-electron chi connectivity index (χ0n) is 12.4. The summed E-state index contributed by atoms with van der Waals surface area (Å²) < 4.78 is 0. The Morgan fingerprint density at radius 2 is 2.17 bits per heavy atom. The maximum Gasteiger partial charge on any atom is 0.352 e. The Morgan fingerprint density at radius 3 is 2.74 bits per heavy atom. The second-order valence-corrected chi connectivity index (χ2v) is 6.26. The fourth-order valence-corrected chi connectivity index (χ4v) is 3.51. The minimum Gasteiger partial charge on any atom is -0.477 e. The number of carboxylic acid groups (broad SMARTS) is 1. The third-order valence-electron chi connectivity index (χ3n) is 4.43. The molecular weight excluding hydrogens is 316 g/mol. The van der Waals surface area contributed by atoms with E-state index in [1.165, 1.54) is 4.90 Å². The zero-order valence-corrected chi connectivity index (χ0v) is 13.2. The molecule has 2 heterocycles. The van der Waals surface area contributed by atoms with Gasteiger partial charge in [-0.25, -0.2) is 4.79 Å². The molecule has 120 valence electrons. The van der Waals surface area contributed by atoms with Gasteiger partial charge in [0.1, 0.15) is 10.7 Å². The number of benzene rings is 1. The maximum atomic E-state index is 12.2. The van der Waals surface area contributed by atoms with Crippen molar-refractivity contribution < 1.29 is 19.8 Å². The number of aliphatic hydroxyl groups is 1. The van der Waals surface area contributed by atoms with Crippen LogP contribution in [0, 0.1) is 5.92 Å². The minimum absolute atomic E-state index is 0.0167. The van der Waals surface area contributed by atoms with E-state index in [4.69, 9.17) is 18.0 Å². The molecule has 1 saturated heterocycles. The summed E-state index contributed by atoms with van der Waals surface area (Å²) in [6, 6.07) is 6.69. The molecule has 1 aromatic carbocycles. The molecule has 0 saturated carbocycles. The van der Waals surface area contributed by atoms with Gasteiger partial charge in [-0.1, -0.05) is 30.4 Å². The molecule has 0 bridgehead atoms. The summed E-state index contributed by atoms with van der Waals surface area (Å²) in [4.78, 5) is 25.3. The van der Waals surface area contributed by atoms with Crippen LogP contribution in [0.2, 0.25) is 0 Å². The second-order valence-electron chi connectivity index (χ2n) is 5.82. The van der Waals surface area contributed by atoms with Crippen molar-refractivity contribution in [1.29, 1.82) is 0 Å². The van der Waals surface area contributed by atoms with Crippen LogP contribution in [0.3, 0.4) is 0 Å². The largest absolute Gasteiger partial charge is 0.477 e. The SMILES string of the molecule is CC(O)C1C(=O)N2C(C(=O)O)=C(c3cccc(C(N)=S)c3)CC12. The van der Waals surface area contributed by atoms with E-state index in [1.54, 1.807) is 31.2 Å². The first kappa shape index (κ1) is 15.6. The van der Waals surface area contributed by atoms with Crippen LogP contribution >= 0.6 is 12.2 Å². The second kappa shape index (κ2) is 5.43. The van der Waals surface area contributed by atoms with E-state index < -0.39 is 18.0 Å². The van der Waals surface area contributed by atoms with Crippen LogP contribution in [0.5, 0.6) is 0 Å². The van der Waals surface area contributed by atoms with Gasteiger partial charge in [-0.3, -0.25) is 4.79 Å². The Kier molecular flexibility index (Phi) is 3.69. The number of aliphatic carboxylic acids is 1. The van der Waals surface area contributed by atoms with E-state index in [9.17, 15) is 19.8 Å². The van der Waals surface area contributed by atoms with Gasteiger partial charge in [-0.05, 0) is 30.5 Å². The average Bonchev–Trinajstić information content (AvgIpc) is 2.82. The number of aliphatic hydroxyl groups excluding tert-OH is 1. The van der Waals surface area contributed by atoms with Crippen LogP contribution in [-0.4, -0.2) is 44.1 Å². The summed E-state index contributed by atoms with van der Waals surface area (Å²) in [6.45, 7) is 1.55. The Hall–Kier alpha value is -2.25. The zero-order chi connectivity index (χ0) is 16.9. The van der Waals surface area contributed by atoms with E-state index in [0.29, 0.717) is 23.1 Å². The van der Waals surface area contributed by atoms with E-state index >= 15 is 0 Å². The van der Waals surface area contributed by atoms with E-state index in [-0.39, 0.29) is 22.6 Å². The Morgan fingerprint density at radius 1 is 1.48 bits per heavy atom. The molecule has 2 aliphatic heterocycles. The van der Waals surface area contributed by atoms with E-state index in [1.807, 2.05) is 0 Å². The molecule has 7 heteroatoms. The number of hydrogen-bond donors (Lipinski definition) is 3. The molecule has 6 nitrogen and oxygen atoms in total. The van der Waals surface area contributed by atoms with Crippen LogP contribution in [0.1, 0.15) is 24.5 Å². The summed E-state index contributed by atoms with van der Waals surface area (Å²) in [5.74, 6) is -2.05. The Bertz CT molecular complexity index is 756. The summed E-state index contributed by atoms with van der Waals surface area (Å²) in [5, 5.41) is 19.3. The van der Waals surface area contributed by atoms with Crippen molar-refractivity contribution in [3.63, 3.8) is 0 Å². The first-order valence-corrected chi connectivity index (χ1v) is 7.61. The number of carbonyl (C=O) groups is 2. The highest BCUT2D eigenvalue weighted by molar-refractivity contribution is 7.80. The van der Waals surface area contributed by atoms with Crippen LogP contribution in [0.25, 0.3) is 5.57 Å². The molecule has 4 N–H and O–H groups in total. The predicted molar refractivity (Wildman–Crippen MR) is 87.3 cm³/mol. The number of carbonyl (C=O) groups excluding carboxylic acids is 1. The highest BCUT2D eigenvalue weighted by Crippen LogP contribution is 2.46.